The van der Waals surface area contributed by atoms with Gasteiger partial charge in [-0.3, -0.25) is 9.48 Å². The number of fused-ring (bicyclic) bond motifs is 1. The highest BCUT2D eigenvalue weighted by atomic mass is 16.5. The van der Waals surface area contributed by atoms with Gasteiger partial charge in [-0.2, -0.15) is 5.10 Å². The van der Waals surface area contributed by atoms with Crippen molar-refractivity contribution < 1.29 is 9.53 Å². The third-order valence-electron chi connectivity index (χ3n) is 5.58. The molecule has 4 rings (SSSR count). The van der Waals surface area contributed by atoms with Crippen molar-refractivity contribution >= 4 is 16.8 Å². The number of carbonyl (C=O) groups excluding carboxylic acids is 1. The monoisotopic (exact) mass is 366 g/mol. The number of hydrogen-bond acceptors (Lipinski definition) is 3. The highest BCUT2D eigenvalue weighted by molar-refractivity contribution is 5.94. The Morgan fingerprint density at radius 2 is 2.11 bits per heavy atom. The van der Waals surface area contributed by atoms with Crippen LogP contribution in [0.4, 0.5) is 0 Å². The van der Waals surface area contributed by atoms with E-state index in [-0.39, 0.29) is 5.91 Å². The molecule has 2 N–H and O–H groups in total. The SMILES string of the molecule is Cc1cnn(C)c1C(=O)NCc1ccc2[nH]c(C3CCOCC3)c(C)c2c1. The van der Waals surface area contributed by atoms with Crippen LogP contribution in [0.25, 0.3) is 10.9 Å². The average Bonchev–Trinajstić information content (AvgIpc) is 3.19. The topological polar surface area (TPSA) is 71.9 Å². The second-order valence-electron chi connectivity index (χ2n) is 7.41. The van der Waals surface area contributed by atoms with E-state index in [0.717, 1.165) is 42.7 Å². The highest BCUT2D eigenvalue weighted by Gasteiger charge is 2.21. The van der Waals surface area contributed by atoms with Crippen molar-refractivity contribution in [3.05, 3.63) is 52.5 Å². The van der Waals surface area contributed by atoms with E-state index in [1.54, 1.807) is 17.9 Å². The van der Waals surface area contributed by atoms with E-state index in [1.807, 2.05) is 6.92 Å². The molecule has 0 atom stereocenters. The Balaban J connectivity index is 1.53. The molecule has 2 aromatic heterocycles. The van der Waals surface area contributed by atoms with Crippen molar-refractivity contribution in [2.45, 2.75) is 39.2 Å². The maximum atomic E-state index is 12.5. The van der Waals surface area contributed by atoms with Gasteiger partial charge in [0.15, 0.2) is 0 Å². The van der Waals surface area contributed by atoms with Crippen LogP contribution in [0.3, 0.4) is 0 Å². The number of carbonyl (C=O) groups is 1. The minimum atomic E-state index is -0.0960. The first kappa shape index (κ1) is 17.8. The Labute approximate surface area is 158 Å². The summed E-state index contributed by atoms with van der Waals surface area (Å²) < 4.78 is 7.11. The standard InChI is InChI=1S/C21H26N4O2/c1-13-11-23-25(3)20(13)21(26)22-12-15-4-5-18-17(10-15)14(2)19(24-18)16-6-8-27-9-7-16/h4-5,10-11,16,24H,6-9,12H2,1-3H3,(H,22,26). The summed E-state index contributed by atoms with van der Waals surface area (Å²) >= 11 is 0. The van der Waals surface area contributed by atoms with Crippen molar-refractivity contribution in [2.24, 2.45) is 7.05 Å². The Kier molecular flexibility index (Phi) is 4.74. The van der Waals surface area contributed by atoms with E-state index >= 15 is 0 Å². The first-order valence-corrected chi connectivity index (χ1v) is 9.50. The van der Waals surface area contributed by atoms with E-state index in [1.165, 1.54) is 16.6 Å². The maximum absolute atomic E-state index is 12.5. The van der Waals surface area contributed by atoms with Gasteiger partial charge in [-0.15, -0.1) is 0 Å². The summed E-state index contributed by atoms with van der Waals surface area (Å²) in [5, 5.41) is 8.38. The Hall–Kier alpha value is -2.60. The molecule has 142 valence electrons. The van der Waals surface area contributed by atoms with Crippen LogP contribution >= 0.6 is 0 Å². The first-order chi connectivity index (χ1) is 13.0. The second-order valence-corrected chi connectivity index (χ2v) is 7.41. The van der Waals surface area contributed by atoms with E-state index in [2.05, 4.69) is 40.5 Å². The van der Waals surface area contributed by atoms with Crippen LogP contribution in [0.2, 0.25) is 0 Å². The van der Waals surface area contributed by atoms with E-state index in [0.29, 0.717) is 18.2 Å². The Morgan fingerprint density at radius 3 is 2.81 bits per heavy atom. The van der Waals surface area contributed by atoms with Gasteiger partial charge < -0.3 is 15.0 Å². The lowest BCUT2D eigenvalue weighted by molar-refractivity contribution is 0.0845. The number of aromatic nitrogens is 3. The predicted molar refractivity (Wildman–Crippen MR) is 105 cm³/mol. The number of H-pyrrole nitrogens is 1. The molecule has 0 radical (unpaired) electrons. The molecule has 1 aliphatic heterocycles. The van der Waals surface area contributed by atoms with E-state index in [4.69, 9.17) is 4.74 Å². The molecular weight excluding hydrogens is 340 g/mol. The molecule has 1 aromatic carbocycles. The quantitative estimate of drug-likeness (QED) is 0.744. The number of benzene rings is 1. The molecule has 0 saturated carbocycles. The molecule has 1 saturated heterocycles. The molecule has 3 aromatic rings. The van der Waals surface area contributed by atoms with Crippen molar-refractivity contribution in [1.29, 1.82) is 0 Å². The zero-order valence-electron chi connectivity index (χ0n) is 16.1. The fraction of sp³-hybridized carbons (Fsp3) is 0.429. The number of aromatic amines is 1. The summed E-state index contributed by atoms with van der Waals surface area (Å²) in [4.78, 5) is 16.1. The van der Waals surface area contributed by atoms with Crippen molar-refractivity contribution in [1.82, 2.24) is 20.1 Å². The fourth-order valence-electron chi connectivity index (χ4n) is 4.04. The molecule has 1 amide bonds. The number of hydrogen-bond donors (Lipinski definition) is 2. The minimum absolute atomic E-state index is 0.0960. The molecule has 1 aliphatic rings. The third kappa shape index (κ3) is 3.37. The number of rotatable bonds is 4. The lowest BCUT2D eigenvalue weighted by Gasteiger charge is -2.21. The van der Waals surface area contributed by atoms with Gasteiger partial charge in [0.05, 0.1) is 6.20 Å². The van der Waals surface area contributed by atoms with Crippen LogP contribution in [-0.4, -0.2) is 33.9 Å². The summed E-state index contributed by atoms with van der Waals surface area (Å²) in [7, 11) is 1.79. The lowest BCUT2D eigenvalue weighted by atomic mass is 9.93. The number of ether oxygens (including phenoxy) is 1. The van der Waals surface area contributed by atoms with Gasteiger partial charge in [0.1, 0.15) is 5.69 Å². The molecule has 0 bridgehead atoms. The summed E-state index contributed by atoms with van der Waals surface area (Å²) in [6.45, 7) is 6.25. The molecule has 3 heterocycles. The van der Waals surface area contributed by atoms with Gasteiger partial charge in [0, 0.05) is 49.3 Å². The first-order valence-electron chi connectivity index (χ1n) is 9.50. The van der Waals surface area contributed by atoms with Crippen LogP contribution in [0.15, 0.2) is 24.4 Å². The largest absolute Gasteiger partial charge is 0.381 e. The number of nitrogens with one attached hydrogen (secondary N) is 2. The number of nitrogens with zero attached hydrogens (tertiary/aromatic N) is 2. The third-order valence-corrected chi connectivity index (χ3v) is 5.58. The predicted octanol–water partition coefficient (Wildman–Crippen LogP) is 3.34. The Morgan fingerprint density at radius 1 is 1.33 bits per heavy atom. The fourth-order valence-corrected chi connectivity index (χ4v) is 4.04. The summed E-state index contributed by atoms with van der Waals surface area (Å²) in [5.41, 5.74) is 6.39. The van der Waals surface area contributed by atoms with Gasteiger partial charge in [-0.1, -0.05) is 6.07 Å². The van der Waals surface area contributed by atoms with Gasteiger partial charge >= 0.3 is 0 Å². The zero-order chi connectivity index (χ0) is 19.0. The summed E-state index contributed by atoms with van der Waals surface area (Å²) in [6.07, 6.45) is 3.85. The minimum Gasteiger partial charge on any atom is -0.381 e. The van der Waals surface area contributed by atoms with Crippen LogP contribution in [-0.2, 0) is 18.3 Å². The summed E-state index contributed by atoms with van der Waals surface area (Å²) in [6, 6.07) is 6.37. The van der Waals surface area contributed by atoms with Gasteiger partial charge in [-0.25, -0.2) is 0 Å². The maximum Gasteiger partial charge on any atom is 0.270 e. The van der Waals surface area contributed by atoms with Crippen LogP contribution in [0, 0.1) is 13.8 Å². The molecule has 6 nitrogen and oxygen atoms in total. The van der Waals surface area contributed by atoms with E-state index < -0.39 is 0 Å². The molecule has 6 heteroatoms. The molecular formula is C21H26N4O2. The molecule has 0 unspecified atom stereocenters. The smallest absolute Gasteiger partial charge is 0.270 e. The number of aryl methyl sites for hydroxylation is 3. The van der Waals surface area contributed by atoms with Crippen molar-refractivity contribution in [3.8, 4) is 0 Å². The van der Waals surface area contributed by atoms with Gasteiger partial charge in [0.2, 0.25) is 0 Å². The highest BCUT2D eigenvalue weighted by Crippen LogP contribution is 2.33. The molecule has 0 spiro atoms. The van der Waals surface area contributed by atoms with Crippen LogP contribution in [0.1, 0.15) is 51.6 Å². The second kappa shape index (κ2) is 7.19. The normalized spacial score (nSPS) is 15.4. The zero-order valence-corrected chi connectivity index (χ0v) is 16.1. The number of amides is 1. The molecule has 0 aliphatic carbocycles. The Bertz CT molecular complexity index is 960. The van der Waals surface area contributed by atoms with Gasteiger partial charge in [0.25, 0.3) is 5.91 Å². The molecule has 1 fully saturated rings. The summed E-state index contributed by atoms with van der Waals surface area (Å²) in [5.74, 6) is 0.448. The van der Waals surface area contributed by atoms with Crippen molar-refractivity contribution in [3.63, 3.8) is 0 Å². The lowest BCUT2D eigenvalue weighted by Crippen LogP contribution is -2.25. The van der Waals surface area contributed by atoms with E-state index in [9.17, 15) is 4.79 Å². The molecule has 27 heavy (non-hydrogen) atoms. The van der Waals surface area contributed by atoms with Crippen LogP contribution < -0.4 is 5.32 Å². The van der Waals surface area contributed by atoms with Crippen LogP contribution in [0.5, 0.6) is 0 Å². The van der Waals surface area contributed by atoms with Crippen molar-refractivity contribution in [2.75, 3.05) is 13.2 Å². The van der Waals surface area contributed by atoms with Gasteiger partial charge in [-0.05, 0) is 55.5 Å². The average molecular weight is 366 g/mol.